The largest absolute Gasteiger partial charge is 0.450 e. The van der Waals surface area contributed by atoms with Crippen LogP contribution < -0.4 is 0 Å². The number of hydrogen-bond donors (Lipinski definition) is 1. The van der Waals surface area contributed by atoms with Crippen LogP contribution in [0.2, 0.25) is 0 Å². The number of aromatic amines is 1. The summed E-state index contributed by atoms with van der Waals surface area (Å²) in [4.78, 5) is 32.4. The summed E-state index contributed by atoms with van der Waals surface area (Å²) in [5.74, 6) is 0.212. The minimum Gasteiger partial charge on any atom is -0.450 e. The average molecular weight is 448 g/mol. The maximum Gasteiger partial charge on any atom is 0.409 e. The summed E-state index contributed by atoms with van der Waals surface area (Å²) in [5.41, 5.74) is 4.88. The van der Waals surface area contributed by atoms with Gasteiger partial charge < -0.3 is 19.5 Å². The van der Waals surface area contributed by atoms with Gasteiger partial charge >= 0.3 is 6.09 Å². The van der Waals surface area contributed by atoms with Crippen molar-refractivity contribution in [1.82, 2.24) is 14.8 Å². The number of fused-ring (bicyclic) bond motifs is 1. The molecule has 0 radical (unpaired) electrons. The zero-order valence-electron chi connectivity index (χ0n) is 19.5. The summed E-state index contributed by atoms with van der Waals surface area (Å²) in [6.07, 6.45) is 4.00. The highest BCUT2D eigenvalue weighted by Gasteiger charge is 2.28. The van der Waals surface area contributed by atoms with Crippen LogP contribution in [0, 0.1) is 0 Å². The summed E-state index contributed by atoms with van der Waals surface area (Å²) in [6, 6.07) is 16.8. The fraction of sp³-hybridized carbons (Fsp3) is 0.407. The van der Waals surface area contributed by atoms with Crippen LogP contribution in [-0.4, -0.2) is 59.6 Å². The molecule has 0 bridgehead atoms. The Bertz CT molecular complexity index is 1080. The lowest BCUT2D eigenvalue weighted by atomic mass is 9.88. The predicted octanol–water partition coefficient (Wildman–Crippen LogP) is 4.75. The van der Waals surface area contributed by atoms with Crippen LogP contribution in [0.25, 0.3) is 10.9 Å². The minimum atomic E-state index is -0.294. The van der Waals surface area contributed by atoms with Gasteiger partial charge in [-0.05, 0) is 42.4 Å². The molecule has 6 heteroatoms. The molecule has 4 rings (SSSR count). The number of piperazine rings is 1. The molecule has 0 saturated carbocycles. The third-order valence-corrected chi connectivity index (χ3v) is 6.56. The molecule has 3 aromatic rings. The van der Waals surface area contributed by atoms with Crippen molar-refractivity contribution in [2.24, 2.45) is 0 Å². The minimum absolute atomic E-state index is 0.0730. The lowest BCUT2D eigenvalue weighted by Crippen LogP contribution is -2.51. The number of carbonyl (C=O) groups excluding carboxylic acids is 2. The summed E-state index contributed by atoms with van der Waals surface area (Å²) >= 11 is 0. The van der Waals surface area contributed by atoms with E-state index in [9.17, 15) is 9.59 Å². The van der Waals surface area contributed by atoms with E-state index < -0.39 is 0 Å². The first-order valence-electron chi connectivity index (χ1n) is 11.9. The third-order valence-electron chi connectivity index (χ3n) is 6.56. The van der Waals surface area contributed by atoms with Crippen molar-refractivity contribution in [3.05, 3.63) is 71.4 Å². The van der Waals surface area contributed by atoms with Gasteiger partial charge in [-0.25, -0.2) is 4.79 Å². The van der Waals surface area contributed by atoms with E-state index >= 15 is 0 Å². The normalized spacial score (nSPS) is 15.0. The number of amides is 2. The fourth-order valence-electron chi connectivity index (χ4n) is 4.75. The topological polar surface area (TPSA) is 65.6 Å². The standard InChI is InChI=1S/C27H33N3O3/c1-3-21-11-8-12-23-24(19-28-26(21)23)22(17-20-9-6-5-7-10-20)18-25(31)29-13-15-30(16-14-29)27(32)33-4-2/h5-12,19,22,28H,3-4,13-18H2,1-2H3. The van der Waals surface area contributed by atoms with E-state index in [2.05, 4.69) is 48.4 Å². The number of carbonyl (C=O) groups is 2. The molecular formula is C27H33N3O3. The molecule has 2 aromatic carbocycles. The Morgan fingerprint density at radius 2 is 1.70 bits per heavy atom. The lowest BCUT2D eigenvalue weighted by molar-refractivity contribution is -0.133. The quantitative estimate of drug-likeness (QED) is 0.569. The fourth-order valence-corrected chi connectivity index (χ4v) is 4.75. The Morgan fingerprint density at radius 3 is 2.39 bits per heavy atom. The number of rotatable bonds is 7. The first-order valence-corrected chi connectivity index (χ1v) is 11.9. The van der Waals surface area contributed by atoms with Gasteiger partial charge in [0.25, 0.3) is 0 Å². The number of benzene rings is 2. The number of nitrogens with one attached hydrogen (secondary N) is 1. The molecule has 1 saturated heterocycles. The van der Waals surface area contributed by atoms with Gasteiger partial charge in [0, 0.05) is 49.7 Å². The van der Waals surface area contributed by atoms with Gasteiger partial charge in [-0.15, -0.1) is 0 Å². The number of para-hydroxylation sites is 1. The van der Waals surface area contributed by atoms with Crippen LogP contribution in [-0.2, 0) is 22.4 Å². The van der Waals surface area contributed by atoms with E-state index in [0.717, 1.165) is 12.8 Å². The van der Waals surface area contributed by atoms with Crippen molar-refractivity contribution < 1.29 is 14.3 Å². The van der Waals surface area contributed by atoms with Crippen molar-refractivity contribution in [3.63, 3.8) is 0 Å². The molecule has 1 fully saturated rings. The van der Waals surface area contributed by atoms with Crippen molar-refractivity contribution >= 4 is 22.9 Å². The highest BCUT2D eigenvalue weighted by Crippen LogP contribution is 2.33. The smallest absolute Gasteiger partial charge is 0.409 e. The average Bonchev–Trinajstić information content (AvgIpc) is 3.29. The van der Waals surface area contributed by atoms with Gasteiger partial charge in [0.15, 0.2) is 0 Å². The Hall–Kier alpha value is -3.28. The van der Waals surface area contributed by atoms with Crippen LogP contribution >= 0.6 is 0 Å². The summed E-state index contributed by atoms with van der Waals surface area (Å²) < 4.78 is 5.10. The van der Waals surface area contributed by atoms with E-state index in [1.165, 1.54) is 27.6 Å². The molecule has 6 nitrogen and oxygen atoms in total. The van der Waals surface area contributed by atoms with Crippen molar-refractivity contribution in [3.8, 4) is 0 Å². The number of ether oxygens (including phenoxy) is 1. The van der Waals surface area contributed by atoms with E-state index in [0.29, 0.717) is 39.2 Å². The molecule has 0 aliphatic carbocycles. The van der Waals surface area contributed by atoms with Gasteiger partial charge in [-0.3, -0.25) is 4.79 Å². The maximum atomic E-state index is 13.3. The van der Waals surface area contributed by atoms with Gasteiger partial charge in [0.05, 0.1) is 6.61 Å². The van der Waals surface area contributed by atoms with Gasteiger partial charge in [0.1, 0.15) is 0 Å². The Kier molecular flexibility index (Phi) is 7.33. The van der Waals surface area contributed by atoms with E-state index in [1.54, 1.807) is 11.8 Å². The second-order valence-corrected chi connectivity index (χ2v) is 8.59. The number of H-pyrrole nitrogens is 1. The monoisotopic (exact) mass is 447 g/mol. The summed E-state index contributed by atoms with van der Waals surface area (Å²) in [6.45, 7) is 6.45. The van der Waals surface area contributed by atoms with E-state index in [1.807, 2.05) is 23.1 Å². The SMILES string of the molecule is CCOC(=O)N1CCN(C(=O)CC(Cc2ccccc2)c2c[nH]c3c(CC)cccc23)CC1. The number of nitrogens with zero attached hydrogens (tertiary/aromatic N) is 2. The summed E-state index contributed by atoms with van der Waals surface area (Å²) in [7, 11) is 0. The number of aryl methyl sites for hydroxylation is 1. The molecule has 1 unspecified atom stereocenters. The molecule has 1 aliphatic heterocycles. The summed E-state index contributed by atoms with van der Waals surface area (Å²) in [5, 5.41) is 1.20. The van der Waals surface area contributed by atoms with Gasteiger partial charge in [-0.1, -0.05) is 55.5 Å². The van der Waals surface area contributed by atoms with Crippen LogP contribution in [0.4, 0.5) is 4.79 Å². The van der Waals surface area contributed by atoms with Crippen molar-refractivity contribution in [1.29, 1.82) is 0 Å². The second-order valence-electron chi connectivity index (χ2n) is 8.59. The molecule has 33 heavy (non-hydrogen) atoms. The van der Waals surface area contributed by atoms with E-state index in [4.69, 9.17) is 4.74 Å². The van der Waals surface area contributed by atoms with Crippen molar-refractivity contribution in [2.45, 2.75) is 39.0 Å². The predicted molar refractivity (Wildman–Crippen MR) is 130 cm³/mol. The lowest BCUT2D eigenvalue weighted by Gasteiger charge is -2.34. The zero-order chi connectivity index (χ0) is 23.2. The number of aromatic nitrogens is 1. The highest BCUT2D eigenvalue weighted by molar-refractivity contribution is 5.87. The van der Waals surface area contributed by atoms with Crippen LogP contribution in [0.3, 0.4) is 0 Å². The molecule has 1 aliphatic rings. The van der Waals surface area contributed by atoms with Gasteiger partial charge in [0.2, 0.25) is 5.91 Å². The van der Waals surface area contributed by atoms with E-state index in [-0.39, 0.29) is 17.9 Å². The molecule has 0 spiro atoms. The second kappa shape index (κ2) is 10.6. The molecule has 174 valence electrons. The van der Waals surface area contributed by atoms with Crippen LogP contribution in [0.15, 0.2) is 54.7 Å². The van der Waals surface area contributed by atoms with Crippen LogP contribution in [0.5, 0.6) is 0 Å². The van der Waals surface area contributed by atoms with Gasteiger partial charge in [-0.2, -0.15) is 0 Å². The first kappa shape index (κ1) is 22.9. The molecule has 2 amide bonds. The maximum absolute atomic E-state index is 13.3. The number of hydrogen-bond acceptors (Lipinski definition) is 3. The molecular weight excluding hydrogens is 414 g/mol. The molecule has 1 N–H and O–H groups in total. The van der Waals surface area contributed by atoms with Crippen LogP contribution in [0.1, 0.15) is 42.9 Å². The highest BCUT2D eigenvalue weighted by atomic mass is 16.6. The Labute approximate surface area is 195 Å². The Balaban J connectivity index is 1.53. The van der Waals surface area contributed by atoms with Crippen molar-refractivity contribution in [2.75, 3.05) is 32.8 Å². The zero-order valence-corrected chi connectivity index (χ0v) is 19.5. The molecule has 1 atom stereocenters. The Morgan fingerprint density at radius 1 is 0.970 bits per heavy atom. The molecule has 1 aromatic heterocycles. The third kappa shape index (κ3) is 5.21. The molecule has 2 heterocycles. The first-order chi connectivity index (χ1) is 16.1.